The topological polar surface area (TPSA) is 37.8 Å². The van der Waals surface area contributed by atoms with E-state index in [1.807, 2.05) is 0 Å². The standard InChI is InChI=1S/C11H13N3S/c1-7-4-8(7)5-12-10-9-2-3-15-11(9)14-6-13-10/h2-3,6-8H,4-5H2,1H3,(H,12,13,14). The van der Waals surface area contributed by atoms with Crippen molar-refractivity contribution in [2.24, 2.45) is 11.8 Å². The van der Waals surface area contributed by atoms with E-state index >= 15 is 0 Å². The summed E-state index contributed by atoms with van der Waals surface area (Å²) in [5, 5.41) is 6.63. The summed E-state index contributed by atoms with van der Waals surface area (Å²) in [4.78, 5) is 9.58. The Bertz CT molecular complexity index is 479. The van der Waals surface area contributed by atoms with Crippen molar-refractivity contribution in [3.05, 3.63) is 17.8 Å². The molecule has 4 heteroatoms. The molecule has 3 rings (SSSR count). The third-order valence-electron chi connectivity index (χ3n) is 3.07. The van der Waals surface area contributed by atoms with E-state index in [0.29, 0.717) is 0 Å². The Morgan fingerprint density at radius 1 is 1.53 bits per heavy atom. The van der Waals surface area contributed by atoms with Gasteiger partial charge in [0.05, 0.1) is 5.39 Å². The third-order valence-corrected chi connectivity index (χ3v) is 3.89. The molecule has 1 saturated carbocycles. The van der Waals surface area contributed by atoms with Gasteiger partial charge in [-0.1, -0.05) is 6.92 Å². The van der Waals surface area contributed by atoms with E-state index in [9.17, 15) is 0 Å². The van der Waals surface area contributed by atoms with Gasteiger partial charge in [-0.2, -0.15) is 0 Å². The summed E-state index contributed by atoms with van der Waals surface area (Å²) >= 11 is 1.66. The first kappa shape index (κ1) is 9.09. The third kappa shape index (κ3) is 1.69. The van der Waals surface area contributed by atoms with Crippen LogP contribution in [0.25, 0.3) is 10.2 Å². The summed E-state index contributed by atoms with van der Waals surface area (Å²) in [6.07, 6.45) is 2.99. The summed E-state index contributed by atoms with van der Waals surface area (Å²) in [5.41, 5.74) is 0. The molecule has 2 aromatic rings. The van der Waals surface area contributed by atoms with Crippen LogP contribution in [0.5, 0.6) is 0 Å². The van der Waals surface area contributed by atoms with Gasteiger partial charge in [-0.3, -0.25) is 0 Å². The molecule has 1 aliphatic rings. The van der Waals surface area contributed by atoms with Gasteiger partial charge in [0, 0.05) is 6.54 Å². The molecule has 0 amide bonds. The van der Waals surface area contributed by atoms with Gasteiger partial charge < -0.3 is 5.32 Å². The van der Waals surface area contributed by atoms with E-state index in [0.717, 1.165) is 34.4 Å². The molecule has 2 heterocycles. The molecule has 78 valence electrons. The molecule has 2 aromatic heterocycles. The molecule has 0 aliphatic heterocycles. The lowest BCUT2D eigenvalue weighted by Gasteiger charge is -2.04. The first-order chi connectivity index (χ1) is 7.34. The summed E-state index contributed by atoms with van der Waals surface area (Å²) < 4.78 is 0. The van der Waals surface area contributed by atoms with Crippen molar-refractivity contribution in [1.82, 2.24) is 9.97 Å². The molecule has 0 radical (unpaired) electrons. The Morgan fingerprint density at radius 2 is 2.40 bits per heavy atom. The second kappa shape index (κ2) is 3.45. The van der Waals surface area contributed by atoms with Crippen LogP contribution in [-0.2, 0) is 0 Å². The van der Waals surface area contributed by atoms with Crippen molar-refractivity contribution >= 4 is 27.4 Å². The lowest BCUT2D eigenvalue weighted by molar-refractivity contribution is 0.785. The van der Waals surface area contributed by atoms with Crippen LogP contribution in [0.4, 0.5) is 5.82 Å². The smallest absolute Gasteiger partial charge is 0.138 e. The van der Waals surface area contributed by atoms with Crippen LogP contribution < -0.4 is 5.32 Å². The Balaban J connectivity index is 1.81. The van der Waals surface area contributed by atoms with Gasteiger partial charge in [0.1, 0.15) is 17.0 Å². The first-order valence-electron chi connectivity index (χ1n) is 5.26. The highest BCUT2D eigenvalue weighted by Crippen LogP contribution is 2.37. The molecule has 15 heavy (non-hydrogen) atoms. The van der Waals surface area contributed by atoms with Gasteiger partial charge in [-0.05, 0) is 29.7 Å². The fourth-order valence-corrected chi connectivity index (χ4v) is 2.57. The predicted molar refractivity (Wildman–Crippen MR) is 63.2 cm³/mol. The molecule has 2 atom stereocenters. The molecule has 0 aromatic carbocycles. The van der Waals surface area contributed by atoms with Crippen LogP contribution in [0.2, 0.25) is 0 Å². The SMILES string of the molecule is CC1CC1CNc1ncnc2sccc12. The van der Waals surface area contributed by atoms with E-state index in [1.54, 1.807) is 17.7 Å². The van der Waals surface area contributed by atoms with Crippen molar-refractivity contribution in [2.75, 3.05) is 11.9 Å². The number of thiophene rings is 1. The quantitative estimate of drug-likeness (QED) is 0.862. The Hall–Kier alpha value is -1.16. The van der Waals surface area contributed by atoms with Crippen molar-refractivity contribution in [1.29, 1.82) is 0 Å². The zero-order valence-electron chi connectivity index (χ0n) is 8.60. The zero-order valence-corrected chi connectivity index (χ0v) is 9.42. The highest BCUT2D eigenvalue weighted by atomic mass is 32.1. The Kier molecular flexibility index (Phi) is 2.09. The molecule has 0 saturated heterocycles. The number of nitrogens with one attached hydrogen (secondary N) is 1. The largest absolute Gasteiger partial charge is 0.369 e. The number of hydrogen-bond donors (Lipinski definition) is 1. The summed E-state index contributed by atoms with van der Waals surface area (Å²) in [7, 11) is 0. The lowest BCUT2D eigenvalue weighted by Crippen LogP contribution is -2.06. The monoisotopic (exact) mass is 219 g/mol. The van der Waals surface area contributed by atoms with Crippen LogP contribution in [0, 0.1) is 11.8 Å². The lowest BCUT2D eigenvalue weighted by atomic mass is 10.3. The highest BCUT2D eigenvalue weighted by molar-refractivity contribution is 7.16. The minimum Gasteiger partial charge on any atom is -0.369 e. The number of aromatic nitrogens is 2. The van der Waals surface area contributed by atoms with Crippen molar-refractivity contribution < 1.29 is 0 Å². The maximum Gasteiger partial charge on any atom is 0.138 e. The summed E-state index contributed by atoms with van der Waals surface area (Å²) in [6, 6.07) is 2.08. The van der Waals surface area contributed by atoms with Gasteiger partial charge in [-0.15, -0.1) is 11.3 Å². The van der Waals surface area contributed by atoms with Crippen LogP contribution in [-0.4, -0.2) is 16.5 Å². The molecule has 1 aliphatic carbocycles. The van der Waals surface area contributed by atoms with Gasteiger partial charge in [0.2, 0.25) is 0 Å². The predicted octanol–water partition coefficient (Wildman–Crippen LogP) is 2.76. The first-order valence-corrected chi connectivity index (χ1v) is 6.14. The Labute approximate surface area is 92.6 Å². The highest BCUT2D eigenvalue weighted by Gasteiger charge is 2.32. The molecular formula is C11H13N3S. The number of rotatable bonds is 3. The average molecular weight is 219 g/mol. The second-order valence-corrected chi connectivity index (χ2v) is 5.11. The van der Waals surface area contributed by atoms with Crippen LogP contribution >= 0.6 is 11.3 Å². The van der Waals surface area contributed by atoms with Crippen LogP contribution in [0.15, 0.2) is 17.8 Å². The van der Waals surface area contributed by atoms with Crippen LogP contribution in [0.3, 0.4) is 0 Å². The molecule has 1 N–H and O–H groups in total. The molecule has 0 spiro atoms. The van der Waals surface area contributed by atoms with Gasteiger partial charge in [0.25, 0.3) is 0 Å². The second-order valence-electron chi connectivity index (χ2n) is 4.22. The normalized spacial score (nSPS) is 24.3. The van der Waals surface area contributed by atoms with E-state index in [2.05, 4.69) is 33.7 Å². The zero-order chi connectivity index (χ0) is 10.3. The van der Waals surface area contributed by atoms with Crippen molar-refractivity contribution in [2.45, 2.75) is 13.3 Å². The number of anilines is 1. The minimum absolute atomic E-state index is 0.841. The molecular weight excluding hydrogens is 206 g/mol. The average Bonchev–Trinajstić information content (AvgIpc) is 2.78. The van der Waals surface area contributed by atoms with Crippen molar-refractivity contribution in [3.8, 4) is 0 Å². The number of nitrogens with zero attached hydrogens (tertiary/aromatic N) is 2. The van der Waals surface area contributed by atoms with E-state index < -0.39 is 0 Å². The van der Waals surface area contributed by atoms with Gasteiger partial charge in [0.15, 0.2) is 0 Å². The minimum atomic E-state index is 0.841. The summed E-state index contributed by atoms with van der Waals surface area (Å²) in [5.74, 6) is 2.71. The fraction of sp³-hybridized carbons (Fsp3) is 0.455. The van der Waals surface area contributed by atoms with Crippen LogP contribution in [0.1, 0.15) is 13.3 Å². The summed E-state index contributed by atoms with van der Waals surface area (Å²) in [6.45, 7) is 3.34. The van der Waals surface area contributed by atoms with Gasteiger partial charge in [-0.25, -0.2) is 9.97 Å². The maximum atomic E-state index is 4.29. The fourth-order valence-electron chi connectivity index (χ4n) is 1.84. The molecule has 2 unspecified atom stereocenters. The molecule has 0 bridgehead atoms. The maximum absolute atomic E-state index is 4.29. The number of fused-ring (bicyclic) bond motifs is 1. The molecule has 1 fully saturated rings. The van der Waals surface area contributed by atoms with Crippen molar-refractivity contribution in [3.63, 3.8) is 0 Å². The Morgan fingerprint density at radius 3 is 3.20 bits per heavy atom. The number of hydrogen-bond acceptors (Lipinski definition) is 4. The molecule has 3 nitrogen and oxygen atoms in total. The van der Waals surface area contributed by atoms with Gasteiger partial charge >= 0.3 is 0 Å². The van der Waals surface area contributed by atoms with E-state index in [-0.39, 0.29) is 0 Å². The van der Waals surface area contributed by atoms with E-state index in [1.165, 1.54) is 6.42 Å². The van der Waals surface area contributed by atoms with E-state index in [4.69, 9.17) is 0 Å².